The second-order valence-electron chi connectivity index (χ2n) is 9.22. The van der Waals surface area contributed by atoms with Gasteiger partial charge in [0.2, 0.25) is 0 Å². The monoisotopic (exact) mass is 532 g/mol. The number of esters is 2. The third-order valence-electron chi connectivity index (χ3n) is 6.80. The third-order valence-corrected chi connectivity index (χ3v) is 7.86. The van der Waals surface area contributed by atoms with Crippen molar-refractivity contribution in [2.24, 2.45) is 0 Å². The predicted molar refractivity (Wildman–Crippen MR) is 136 cm³/mol. The molecule has 1 atom stereocenters. The number of pyridine rings is 2. The van der Waals surface area contributed by atoms with Crippen LogP contribution in [0.1, 0.15) is 30.0 Å². The number of aliphatic hydroxyl groups is 1. The third kappa shape index (κ3) is 3.97. The molecule has 4 heterocycles. The molecular weight excluding hydrogens is 511 g/mol. The van der Waals surface area contributed by atoms with Crippen LogP contribution in [0.5, 0.6) is 0 Å². The van der Waals surface area contributed by atoms with Gasteiger partial charge in [-0.2, -0.15) is 0 Å². The number of aromatic nitrogens is 2. The van der Waals surface area contributed by atoms with Gasteiger partial charge in [0.25, 0.3) is 5.56 Å². The summed E-state index contributed by atoms with van der Waals surface area (Å²) in [6.45, 7) is 1.04. The van der Waals surface area contributed by atoms with Crippen molar-refractivity contribution < 1.29 is 28.6 Å². The number of halogens is 1. The van der Waals surface area contributed by atoms with Crippen molar-refractivity contribution in [2.45, 2.75) is 41.9 Å². The van der Waals surface area contributed by atoms with Crippen molar-refractivity contribution in [3.63, 3.8) is 0 Å². The number of carbonyl (C=O) groups is 2. The van der Waals surface area contributed by atoms with Gasteiger partial charge < -0.3 is 19.1 Å². The first-order valence-corrected chi connectivity index (χ1v) is 12.7. The summed E-state index contributed by atoms with van der Waals surface area (Å²) in [4.78, 5) is 44.0. The zero-order valence-electron chi connectivity index (χ0n) is 20.2. The molecule has 38 heavy (non-hydrogen) atoms. The maximum absolute atomic E-state index is 13.5. The second kappa shape index (κ2) is 9.07. The number of benzene rings is 2. The van der Waals surface area contributed by atoms with Crippen LogP contribution in [0, 0.1) is 5.82 Å². The molecule has 6 rings (SSSR count). The van der Waals surface area contributed by atoms with E-state index in [0.29, 0.717) is 16.9 Å². The summed E-state index contributed by atoms with van der Waals surface area (Å²) in [6.07, 6.45) is -0.252. The minimum atomic E-state index is -2.14. The van der Waals surface area contributed by atoms with E-state index in [1.165, 1.54) is 30.8 Å². The topological polar surface area (TPSA) is 108 Å². The Morgan fingerprint density at radius 3 is 2.76 bits per heavy atom. The normalized spacial score (nSPS) is 17.5. The van der Waals surface area contributed by atoms with Gasteiger partial charge >= 0.3 is 11.9 Å². The van der Waals surface area contributed by atoms with Crippen LogP contribution in [0.25, 0.3) is 22.3 Å². The second-order valence-corrected chi connectivity index (χ2v) is 10.3. The molecule has 192 valence electrons. The highest BCUT2D eigenvalue weighted by molar-refractivity contribution is 7.99. The van der Waals surface area contributed by atoms with E-state index in [1.807, 2.05) is 24.3 Å². The van der Waals surface area contributed by atoms with E-state index < -0.39 is 17.5 Å². The molecule has 0 unspecified atom stereocenters. The van der Waals surface area contributed by atoms with Crippen LogP contribution in [0.3, 0.4) is 0 Å². The van der Waals surface area contributed by atoms with Gasteiger partial charge in [-0.1, -0.05) is 23.9 Å². The molecular formula is C28H21FN2O6S. The average molecular weight is 533 g/mol. The van der Waals surface area contributed by atoms with E-state index in [9.17, 15) is 23.9 Å². The highest BCUT2D eigenvalue weighted by Gasteiger charge is 2.46. The number of ether oxygens (including phenoxy) is 2. The van der Waals surface area contributed by atoms with Crippen molar-refractivity contribution in [2.75, 3.05) is 6.61 Å². The number of rotatable bonds is 5. The lowest BCUT2D eigenvalue weighted by Gasteiger charge is -2.32. The van der Waals surface area contributed by atoms with Crippen molar-refractivity contribution in [3.8, 4) is 11.4 Å². The van der Waals surface area contributed by atoms with Crippen molar-refractivity contribution in [1.82, 2.24) is 9.55 Å². The van der Waals surface area contributed by atoms with Crippen LogP contribution in [0.15, 0.2) is 69.2 Å². The number of hydrogen-bond acceptors (Lipinski definition) is 8. The van der Waals surface area contributed by atoms with Gasteiger partial charge in [0.15, 0.2) is 5.60 Å². The zero-order chi connectivity index (χ0) is 26.6. The molecule has 0 fully saturated rings. The molecule has 2 aliphatic heterocycles. The first-order chi connectivity index (χ1) is 18.2. The number of cyclic esters (lactones) is 1. The maximum Gasteiger partial charge on any atom is 0.343 e. The molecule has 2 aliphatic rings. The molecule has 8 nitrogen and oxygen atoms in total. The smallest absolute Gasteiger partial charge is 0.343 e. The molecule has 0 bridgehead atoms. The van der Waals surface area contributed by atoms with E-state index in [0.717, 1.165) is 20.7 Å². The number of nitrogens with zero attached hydrogens (tertiary/aromatic N) is 2. The van der Waals surface area contributed by atoms with E-state index in [-0.39, 0.29) is 48.7 Å². The molecule has 0 amide bonds. The molecule has 2 aromatic heterocycles. The minimum Gasteiger partial charge on any atom is -0.466 e. The Bertz CT molecular complexity index is 1700. The molecule has 0 radical (unpaired) electrons. The Morgan fingerprint density at radius 1 is 1.21 bits per heavy atom. The van der Waals surface area contributed by atoms with Gasteiger partial charge in [0, 0.05) is 39.6 Å². The van der Waals surface area contributed by atoms with Crippen molar-refractivity contribution in [3.05, 3.63) is 87.5 Å². The Kier molecular flexibility index (Phi) is 5.81. The fourth-order valence-corrected chi connectivity index (χ4v) is 5.87. The van der Waals surface area contributed by atoms with Crippen LogP contribution < -0.4 is 5.56 Å². The minimum absolute atomic E-state index is 0.140. The van der Waals surface area contributed by atoms with E-state index in [4.69, 9.17) is 14.5 Å². The maximum atomic E-state index is 13.5. The number of fused-ring (bicyclic) bond motifs is 5. The largest absolute Gasteiger partial charge is 0.466 e. The van der Waals surface area contributed by atoms with Gasteiger partial charge in [-0.25, -0.2) is 14.2 Å². The van der Waals surface area contributed by atoms with Gasteiger partial charge in [0.05, 0.1) is 35.6 Å². The van der Waals surface area contributed by atoms with Crippen LogP contribution in [0.2, 0.25) is 0 Å². The van der Waals surface area contributed by atoms with Gasteiger partial charge in [-0.05, 0) is 42.5 Å². The lowest BCUT2D eigenvalue weighted by Crippen LogP contribution is -2.45. The summed E-state index contributed by atoms with van der Waals surface area (Å²) in [6, 6.07) is 15.6. The van der Waals surface area contributed by atoms with Crippen LogP contribution in [-0.4, -0.2) is 33.2 Å². The molecule has 0 spiro atoms. The van der Waals surface area contributed by atoms with Gasteiger partial charge in [-0.3, -0.25) is 9.59 Å². The van der Waals surface area contributed by atoms with Gasteiger partial charge in [0.1, 0.15) is 12.4 Å². The summed E-state index contributed by atoms with van der Waals surface area (Å²) >= 11 is 1.45. The summed E-state index contributed by atoms with van der Waals surface area (Å²) in [5.74, 6) is -1.76. The summed E-state index contributed by atoms with van der Waals surface area (Å²) < 4.78 is 25.0. The Balaban J connectivity index is 1.46. The molecule has 10 heteroatoms. The summed E-state index contributed by atoms with van der Waals surface area (Å²) in [7, 11) is 0. The van der Waals surface area contributed by atoms with Crippen LogP contribution in [-0.2, 0) is 37.8 Å². The molecule has 0 saturated carbocycles. The lowest BCUT2D eigenvalue weighted by atomic mass is 9.85. The SMILES string of the molecule is CC(=O)OCC[C@@]1(O)C(=O)OCc2c1cc1n(c2=O)Cc2cc3cccc(Sc4ccc(F)cc4)c3nc2-1. The molecule has 0 aliphatic carbocycles. The van der Waals surface area contributed by atoms with Crippen LogP contribution >= 0.6 is 11.8 Å². The Morgan fingerprint density at radius 2 is 2.00 bits per heavy atom. The highest BCUT2D eigenvalue weighted by Crippen LogP contribution is 2.40. The van der Waals surface area contributed by atoms with Crippen LogP contribution in [0.4, 0.5) is 4.39 Å². The molecule has 0 saturated heterocycles. The first-order valence-electron chi connectivity index (χ1n) is 11.9. The Labute approximate surface area is 220 Å². The molecule has 4 aromatic rings. The quantitative estimate of drug-likeness (QED) is 0.340. The highest BCUT2D eigenvalue weighted by atomic mass is 32.2. The summed E-state index contributed by atoms with van der Waals surface area (Å²) in [5, 5.41) is 12.2. The van der Waals surface area contributed by atoms with E-state index in [2.05, 4.69) is 0 Å². The number of carbonyl (C=O) groups excluding carboxylic acids is 2. The summed E-state index contributed by atoms with van der Waals surface area (Å²) in [5.41, 5.74) is 0.406. The average Bonchev–Trinajstić information content (AvgIpc) is 3.25. The number of para-hydroxylation sites is 1. The van der Waals surface area contributed by atoms with E-state index in [1.54, 1.807) is 22.8 Å². The predicted octanol–water partition coefficient (Wildman–Crippen LogP) is 3.91. The standard InChI is InChI=1S/C28H21FN2O6S/c1-15(32)36-10-9-28(35)21-12-22-24-17(13-31(22)26(33)20(21)14-37-27(28)34)11-16-3-2-4-23(25(16)30-24)38-19-7-5-18(29)6-8-19/h2-8,11-12,35H,9-10,13-14H2,1H3/t28-/m0/s1. The van der Waals surface area contributed by atoms with Crippen molar-refractivity contribution >= 4 is 34.6 Å². The van der Waals surface area contributed by atoms with E-state index >= 15 is 0 Å². The lowest BCUT2D eigenvalue weighted by molar-refractivity contribution is -0.175. The first kappa shape index (κ1) is 24.3. The zero-order valence-corrected chi connectivity index (χ0v) is 21.0. The van der Waals surface area contributed by atoms with Gasteiger partial charge in [-0.15, -0.1) is 0 Å². The molecule has 1 N–H and O–H groups in total. The fourth-order valence-electron chi connectivity index (χ4n) is 4.94. The fraction of sp³-hybridized carbons (Fsp3) is 0.214. The van der Waals surface area contributed by atoms with Crippen molar-refractivity contribution in [1.29, 1.82) is 0 Å². The Hall–Kier alpha value is -4.02. The number of hydrogen-bond donors (Lipinski definition) is 1. The molecule has 2 aromatic carbocycles.